The molecule has 3 aromatic carbocycles. The van der Waals surface area contributed by atoms with Crippen molar-refractivity contribution in [2.24, 2.45) is 0 Å². The van der Waals surface area contributed by atoms with E-state index in [9.17, 15) is 4.79 Å². The van der Waals surface area contributed by atoms with Crippen LogP contribution in [-0.4, -0.2) is 51.3 Å². The van der Waals surface area contributed by atoms with Crippen molar-refractivity contribution in [3.05, 3.63) is 114 Å². The first-order valence-electron chi connectivity index (χ1n) is 12.5. The molecule has 4 aromatic rings. The van der Waals surface area contributed by atoms with E-state index in [1.165, 1.54) is 5.56 Å². The summed E-state index contributed by atoms with van der Waals surface area (Å²) in [6.45, 7) is 5.47. The van der Waals surface area contributed by atoms with E-state index in [-0.39, 0.29) is 5.78 Å². The normalized spacial score (nSPS) is 14.7. The molecule has 0 atom stereocenters. The van der Waals surface area contributed by atoms with E-state index in [0.29, 0.717) is 13.0 Å². The van der Waals surface area contributed by atoms with Crippen molar-refractivity contribution in [2.45, 2.75) is 25.9 Å². The number of aromatic nitrogens is 2. The van der Waals surface area contributed by atoms with E-state index >= 15 is 0 Å². The standard InChI is InChI=1S/C30H32N4O/c35-29(26-13-5-2-6-14-26)17-19-34-28-16-8-7-15-27(28)31-30(34)24-33-22-20-32(21-23-33)18-9-12-25-10-3-1-4-11-25/h1-11,13-16,18H,12,17,19-24H2/b18-9+. The van der Waals surface area contributed by atoms with E-state index in [1.54, 1.807) is 0 Å². The minimum absolute atomic E-state index is 0.172. The number of imidazole rings is 1. The van der Waals surface area contributed by atoms with Crippen molar-refractivity contribution < 1.29 is 4.79 Å². The summed E-state index contributed by atoms with van der Waals surface area (Å²) >= 11 is 0. The van der Waals surface area contributed by atoms with Crippen molar-refractivity contribution in [3.8, 4) is 0 Å². The third-order valence-electron chi connectivity index (χ3n) is 6.68. The molecular weight excluding hydrogens is 432 g/mol. The van der Waals surface area contributed by atoms with Crippen LogP contribution < -0.4 is 0 Å². The molecule has 0 aliphatic carbocycles. The predicted octanol–water partition coefficient (Wildman–Crippen LogP) is 5.18. The molecule has 5 rings (SSSR count). The lowest BCUT2D eigenvalue weighted by Crippen LogP contribution is -2.43. The summed E-state index contributed by atoms with van der Waals surface area (Å²) < 4.78 is 2.24. The fraction of sp³-hybridized carbons (Fsp3) is 0.267. The van der Waals surface area contributed by atoms with Gasteiger partial charge in [-0.05, 0) is 30.3 Å². The third-order valence-corrected chi connectivity index (χ3v) is 6.68. The fourth-order valence-electron chi connectivity index (χ4n) is 4.70. The summed E-state index contributed by atoms with van der Waals surface area (Å²) in [7, 11) is 0. The Bertz CT molecular complexity index is 1270. The minimum Gasteiger partial charge on any atom is -0.375 e. The highest BCUT2D eigenvalue weighted by Gasteiger charge is 2.19. The van der Waals surface area contributed by atoms with Crippen molar-refractivity contribution in [1.82, 2.24) is 19.4 Å². The molecule has 1 aromatic heterocycles. The highest BCUT2D eigenvalue weighted by molar-refractivity contribution is 5.96. The Balaban J connectivity index is 1.20. The van der Waals surface area contributed by atoms with E-state index in [4.69, 9.17) is 4.98 Å². The number of fused-ring (bicyclic) bond motifs is 1. The smallest absolute Gasteiger partial charge is 0.164 e. The summed E-state index contributed by atoms with van der Waals surface area (Å²) in [6, 6.07) is 28.4. The molecule has 35 heavy (non-hydrogen) atoms. The molecule has 0 saturated carbocycles. The number of para-hydroxylation sites is 2. The molecule has 0 bridgehead atoms. The first kappa shape index (κ1) is 23.1. The van der Waals surface area contributed by atoms with Crippen LogP contribution in [-0.2, 0) is 19.5 Å². The van der Waals surface area contributed by atoms with Crippen molar-refractivity contribution in [3.63, 3.8) is 0 Å². The van der Waals surface area contributed by atoms with Crippen LogP contribution >= 0.6 is 0 Å². The molecule has 0 spiro atoms. The number of hydrogen-bond acceptors (Lipinski definition) is 4. The quantitative estimate of drug-likeness (QED) is 0.320. The summed E-state index contributed by atoms with van der Waals surface area (Å²) in [5.41, 5.74) is 4.21. The Morgan fingerprint density at radius 3 is 2.29 bits per heavy atom. The van der Waals surface area contributed by atoms with Gasteiger partial charge in [0.15, 0.2) is 5.78 Å². The van der Waals surface area contributed by atoms with E-state index in [0.717, 1.165) is 61.6 Å². The largest absolute Gasteiger partial charge is 0.375 e. The molecule has 1 saturated heterocycles. The number of nitrogens with zero attached hydrogens (tertiary/aromatic N) is 4. The lowest BCUT2D eigenvalue weighted by molar-refractivity contribution is 0.0976. The molecule has 5 heteroatoms. The molecule has 5 nitrogen and oxygen atoms in total. The van der Waals surface area contributed by atoms with Gasteiger partial charge in [0.25, 0.3) is 0 Å². The van der Waals surface area contributed by atoms with Crippen LogP contribution in [0, 0.1) is 0 Å². The van der Waals surface area contributed by atoms with E-state index in [1.807, 2.05) is 42.5 Å². The highest BCUT2D eigenvalue weighted by Crippen LogP contribution is 2.19. The molecule has 178 valence electrons. The monoisotopic (exact) mass is 464 g/mol. The second kappa shape index (κ2) is 11.2. The van der Waals surface area contributed by atoms with Gasteiger partial charge >= 0.3 is 0 Å². The maximum Gasteiger partial charge on any atom is 0.164 e. The van der Waals surface area contributed by atoms with Gasteiger partial charge in [0.1, 0.15) is 5.82 Å². The van der Waals surface area contributed by atoms with Crippen molar-refractivity contribution in [2.75, 3.05) is 26.2 Å². The summed E-state index contributed by atoms with van der Waals surface area (Å²) in [5.74, 6) is 1.21. The average Bonchev–Trinajstić information content (AvgIpc) is 3.26. The maximum atomic E-state index is 12.7. The number of benzene rings is 3. The van der Waals surface area contributed by atoms with E-state index in [2.05, 4.69) is 69.1 Å². The molecular formula is C30H32N4O. The number of rotatable bonds is 9. The average molecular weight is 465 g/mol. The summed E-state index contributed by atoms with van der Waals surface area (Å²) in [5, 5.41) is 0. The molecule has 1 fully saturated rings. The van der Waals surface area contributed by atoms with Crippen molar-refractivity contribution in [1.29, 1.82) is 0 Å². The van der Waals surface area contributed by atoms with Crippen LogP contribution in [0.5, 0.6) is 0 Å². The van der Waals surface area contributed by atoms with Gasteiger partial charge in [-0.2, -0.15) is 0 Å². The summed E-state index contributed by atoms with van der Waals surface area (Å²) in [6.07, 6.45) is 5.94. The van der Waals surface area contributed by atoms with Gasteiger partial charge in [0.05, 0.1) is 17.6 Å². The predicted molar refractivity (Wildman–Crippen MR) is 141 cm³/mol. The minimum atomic E-state index is 0.172. The maximum absolute atomic E-state index is 12.7. The van der Waals surface area contributed by atoms with Crippen LogP contribution in [0.25, 0.3) is 11.0 Å². The van der Waals surface area contributed by atoms with Crippen LogP contribution in [0.15, 0.2) is 97.2 Å². The number of aryl methyl sites for hydroxylation is 1. The zero-order valence-electron chi connectivity index (χ0n) is 20.1. The zero-order valence-corrected chi connectivity index (χ0v) is 20.1. The first-order valence-corrected chi connectivity index (χ1v) is 12.5. The number of allylic oxidation sites excluding steroid dienone is 1. The molecule has 2 heterocycles. The van der Waals surface area contributed by atoms with Gasteiger partial charge in [-0.3, -0.25) is 9.69 Å². The Hall–Kier alpha value is -3.70. The zero-order chi connectivity index (χ0) is 23.9. The van der Waals surface area contributed by atoms with Crippen LogP contribution in [0.4, 0.5) is 0 Å². The molecule has 0 unspecified atom stereocenters. The summed E-state index contributed by atoms with van der Waals surface area (Å²) in [4.78, 5) is 22.6. The first-order chi connectivity index (χ1) is 17.3. The Morgan fingerprint density at radius 2 is 1.51 bits per heavy atom. The van der Waals surface area contributed by atoms with Crippen LogP contribution in [0.3, 0.4) is 0 Å². The lowest BCUT2D eigenvalue weighted by Gasteiger charge is -2.34. The third kappa shape index (κ3) is 5.87. The van der Waals surface area contributed by atoms with Gasteiger partial charge in [-0.15, -0.1) is 0 Å². The topological polar surface area (TPSA) is 41.4 Å². The van der Waals surface area contributed by atoms with Crippen molar-refractivity contribution >= 4 is 16.8 Å². The van der Waals surface area contributed by atoms with E-state index < -0.39 is 0 Å². The number of ketones is 1. The SMILES string of the molecule is O=C(CCn1c(CN2CCN(/C=C/Cc3ccccc3)CC2)nc2ccccc21)c1ccccc1. The number of hydrogen-bond donors (Lipinski definition) is 0. The Labute approximate surface area is 207 Å². The second-order valence-electron chi connectivity index (χ2n) is 9.09. The highest BCUT2D eigenvalue weighted by atomic mass is 16.1. The van der Waals surface area contributed by atoms with Crippen LogP contribution in [0.2, 0.25) is 0 Å². The van der Waals surface area contributed by atoms with Crippen LogP contribution in [0.1, 0.15) is 28.2 Å². The fourth-order valence-corrected chi connectivity index (χ4v) is 4.70. The Kier molecular flexibility index (Phi) is 7.35. The molecule has 0 N–H and O–H groups in total. The van der Waals surface area contributed by atoms with Gasteiger partial charge in [0.2, 0.25) is 0 Å². The molecule has 0 radical (unpaired) electrons. The number of Topliss-reactive ketones (excluding diaryl/α,β-unsaturated/α-hetero) is 1. The second-order valence-corrected chi connectivity index (χ2v) is 9.09. The Morgan fingerprint density at radius 1 is 0.829 bits per heavy atom. The van der Waals surface area contributed by atoms with Gasteiger partial charge in [-0.25, -0.2) is 4.98 Å². The number of piperazine rings is 1. The van der Waals surface area contributed by atoms with Gasteiger partial charge < -0.3 is 9.47 Å². The lowest BCUT2D eigenvalue weighted by atomic mass is 10.1. The number of carbonyl (C=O) groups is 1. The molecule has 1 aliphatic rings. The molecule has 0 amide bonds. The van der Waals surface area contributed by atoms with Gasteiger partial charge in [-0.1, -0.05) is 78.9 Å². The van der Waals surface area contributed by atoms with Gasteiger partial charge in [0, 0.05) is 44.7 Å². The molecule has 1 aliphatic heterocycles. The number of carbonyl (C=O) groups excluding carboxylic acids is 1.